The Hall–Kier alpha value is -1.20. The molecule has 0 amide bonds. The van der Waals surface area contributed by atoms with E-state index in [4.69, 9.17) is 4.52 Å². The topological polar surface area (TPSA) is 51.0 Å². The van der Waals surface area contributed by atoms with Gasteiger partial charge in [-0.1, -0.05) is 18.1 Å². The molecule has 0 saturated heterocycles. The fourth-order valence-electron chi connectivity index (χ4n) is 1.50. The number of hydrogen-bond acceptors (Lipinski definition) is 5. The van der Waals surface area contributed by atoms with Crippen LogP contribution in [0.1, 0.15) is 19.2 Å². The van der Waals surface area contributed by atoms with Gasteiger partial charge in [-0.3, -0.25) is 0 Å². The average molecular weight is 237 g/mol. The molecule has 0 bridgehead atoms. The van der Waals surface area contributed by atoms with E-state index in [0.717, 1.165) is 17.7 Å². The molecule has 0 spiro atoms. The van der Waals surface area contributed by atoms with Gasteiger partial charge in [0, 0.05) is 12.5 Å². The van der Waals surface area contributed by atoms with Crippen LogP contribution in [0, 0.1) is 0 Å². The number of rotatable bonds is 5. The van der Waals surface area contributed by atoms with Crippen molar-refractivity contribution in [3.8, 4) is 10.7 Å². The maximum atomic E-state index is 5.23. The third kappa shape index (κ3) is 2.48. The highest BCUT2D eigenvalue weighted by Crippen LogP contribution is 2.21. The van der Waals surface area contributed by atoms with Crippen molar-refractivity contribution in [3.05, 3.63) is 23.4 Å². The van der Waals surface area contributed by atoms with Crippen molar-refractivity contribution in [2.75, 3.05) is 7.05 Å². The van der Waals surface area contributed by atoms with E-state index in [0.29, 0.717) is 17.8 Å². The summed E-state index contributed by atoms with van der Waals surface area (Å²) in [5, 5.41) is 9.20. The van der Waals surface area contributed by atoms with Crippen molar-refractivity contribution < 1.29 is 4.52 Å². The van der Waals surface area contributed by atoms with E-state index in [1.807, 2.05) is 24.6 Å². The molecule has 4 nitrogen and oxygen atoms in total. The molecule has 1 N–H and O–H groups in total. The van der Waals surface area contributed by atoms with Gasteiger partial charge in [0.1, 0.15) is 0 Å². The van der Waals surface area contributed by atoms with Gasteiger partial charge in [0.05, 0.1) is 4.88 Å². The Bertz CT molecular complexity index is 420. The standard InChI is InChI=1S/C11H15N3OS/c1-3-8(12-2)7-10-13-11(14-15-10)9-5-4-6-16-9/h4-6,8,12H,3,7H2,1-2H3. The van der Waals surface area contributed by atoms with Crippen molar-refractivity contribution in [1.29, 1.82) is 0 Å². The smallest absolute Gasteiger partial charge is 0.228 e. The molecular formula is C11H15N3OS. The lowest BCUT2D eigenvalue weighted by molar-refractivity contribution is 0.359. The zero-order valence-electron chi connectivity index (χ0n) is 9.43. The molecule has 2 aromatic heterocycles. The number of aromatic nitrogens is 2. The van der Waals surface area contributed by atoms with E-state index in [-0.39, 0.29) is 0 Å². The van der Waals surface area contributed by atoms with Crippen molar-refractivity contribution in [3.63, 3.8) is 0 Å². The molecule has 2 aromatic rings. The molecular weight excluding hydrogens is 222 g/mol. The monoisotopic (exact) mass is 237 g/mol. The van der Waals surface area contributed by atoms with Crippen LogP contribution in [0.3, 0.4) is 0 Å². The second-order valence-electron chi connectivity index (χ2n) is 3.59. The summed E-state index contributed by atoms with van der Waals surface area (Å²) in [5.41, 5.74) is 0. The van der Waals surface area contributed by atoms with Crippen molar-refractivity contribution >= 4 is 11.3 Å². The second kappa shape index (κ2) is 5.23. The van der Waals surface area contributed by atoms with Crippen LogP contribution in [0.2, 0.25) is 0 Å². The van der Waals surface area contributed by atoms with Gasteiger partial charge in [0.15, 0.2) is 0 Å². The molecule has 1 unspecified atom stereocenters. The molecule has 0 aromatic carbocycles. The molecule has 0 radical (unpaired) electrons. The van der Waals surface area contributed by atoms with E-state index >= 15 is 0 Å². The minimum atomic E-state index is 0.400. The molecule has 0 saturated carbocycles. The lowest BCUT2D eigenvalue weighted by Gasteiger charge is -2.09. The zero-order valence-corrected chi connectivity index (χ0v) is 10.3. The summed E-state index contributed by atoms with van der Waals surface area (Å²) in [7, 11) is 1.95. The van der Waals surface area contributed by atoms with E-state index < -0.39 is 0 Å². The largest absolute Gasteiger partial charge is 0.339 e. The predicted molar refractivity (Wildman–Crippen MR) is 64.5 cm³/mol. The van der Waals surface area contributed by atoms with Gasteiger partial charge in [-0.25, -0.2) is 0 Å². The number of nitrogens with zero attached hydrogens (tertiary/aromatic N) is 2. The van der Waals surface area contributed by atoms with E-state index in [1.165, 1.54) is 0 Å². The van der Waals surface area contributed by atoms with Crippen LogP contribution < -0.4 is 5.32 Å². The second-order valence-corrected chi connectivity index (χ2v) is 4.53. The minimum Gasteiger partial charge on any atom is -0.339 e. The Morgan fingerprint density at radius 3 is 3.06 bits per heavy atom. The maximum Gasteiger partial charge on any atom is 0.228 e. The Labute approximate surface area is 98.7 Å². The molecule has 0 aliphatic heterocycles. The van der Waals surface area contributed by atoms with Crippen LogP contribution in [0.5, 0.6) is 0 Å². The van der Waals surface area contributed by atoms with Crippen LogP contribution in [-0.2, 0) is 6.42 Å². The first-order chi connectivity index (χ1) is 7.83. The summed E-state index contributed by atoms with van der Waals surface area (Å²) in [6, 6.07) is 4.38. The SMILES string of the molecule is CCC(Cc1nc(-c2cccs2)no1)NC. The normalized spacial score (nSPS) is 12.9. The van der Waals surface area contributed by atoms with E-state index in [9.17, 15) is 0 Å². The average Bonchev–Trinajstić information content (AvgIpc) is 2.96. The molecule has 5 heteroatoms. The van der Waals surface area contributed by atoms with Gasteiger partial charge >= 0.3 is 0 Å². The number of nitrogens with one attached hydrogen (secondary N) is 1. The molecule has 1 atom stereocenters. The maximum absolute atomic E-state index is 5.23. The summed E-state index contributed by atoms with van der Waals surface area (Å²) in [4.78, 5) is 5.43. The summed E-state index contributed by atoms with van der Waals surface area (Å²) in [5.74, 6) is 1.39. The molecule has 16 heavy (non-hydrogen) atoms. The third-order valence-corrected chi connectivity index (χ3v) is 3.40. The first kappa shape index (κ1) is 11.3. The van der Waals surface area contributed by atoms with Crippen molar-refractivity contribution in [2.24, 2.45) is 0 Å². The van der Waals surface area contributed by atoms with E-state index in [2.05, 4.69) is 22.4 Å². The lowest BCUT2D eigenvalue weighted by Crippen LogP contribution is -2.26. The Balaban J connectivity index is 2.08. The van der Waals surface area contributed by atoms with E-state index in [1.54, 1.807) is 11.3 Å². The van der Waals surface area contributed by atoms with Crippen molar-refractivity contribution in [1.82, 2.24) is 15.5 Å². The summed E-state index contributed by atoms with van der Waals surface area (Å²) in [6.07, 6.45) is 1.83. The third-order valence-electron chi connectivity index (χ3n) is 2.53. The number of likely N-dealkylation sites (N-methyl/N-ethyl adjacent to an activating group) is 1. The Morgan fingerprint density at radius 1 is 1.56 bits per heavy atom. The zero-order chi connectivity index (χ0) is 11.4. The fourth-order valence-corrected chi connectivity index (χ4v) is 2.15. The van der Waals surface area contributed by atoms with Crippen LogP contribution >= 0.6 is 11.3 Å². The molecule has 2 rings (SSSR count). The molecule has 86 valence electrons. The lowest BCUT2D eigenvalue weighted by atomic mass is 10.1. The molecule has 0 aliphatic carbocycles. The Kier molecular flexibility index (Phi) is 3.69. The van der Waals surface area contributed by atoms with Crippen LogP contribution in [0.25, 0.3) is 10.7 Å². The van der Waals surface area contributed by atoms with Gasteiger partial charge < -0.3 is 9.84 Å². The number of hydrogen-bond donors (Lipinski definition) is 1. The van der Waals surface area contributed by atoms with Crippen molar-refractivity contribution in [2.45, 2.75) is 25.8 Å². The highest BCUT2D eigenvalue weighted by Gasteiger charge is 2.12. The summed E-state index contributed by atoms with van der Waals surface area (Å²) >= 11 is 1.62. The van der Waals surface area contributed by atoms with Crippen LogP contribution in [0.15, 0.2) is 22.0 Å². The van der Waals surface area contributed by atoms with Gasteiger partial charge in [-0.2, -0.15) is 4.98 Å². The predicted octanol–water partition coefficient (Wildman–Crippen LogP) is 2.34. The van der Waals surface area contributed by atoms with Gasteiger partial charge in [-0.05, 0) is 24.9 Å². The molecule has 2 heterocycles. The first-order valence-corrected chi connectivity index (χ1v) is 6.25. The van der Waals surface area contributed by atoms with Crippen LogP contribution in [0.4, 0.5) is 0 Å². The first-order valence-electron chi connectivity index (χ1n) is 5.37. The van der Waals surface area contributed by atoms with Gasteiger partial charge in [-0.15, -0.1) is 11.3 Å². The van der Waals surface area contributed by atoms with Crippen LogP contribution in [-0.4, -0.2) is 23.2 Å². The summed E-state index contributed by atoms with van der Waals surface area (Å²) in [6.45, 7) is 2.14. The van der Waals surface area contributed by atoms with Gasteiger partial charge in [0.25, 0.3) is 0 Å². The molecule has 0 fully saturated rings. The fraction of sp³-hybridized carbons (Fsp3) is 0.455. The highest BCUT2D eigenvalue weighted by molar-refractivity contribution is 7.13. The Morgan fingerprint density at radius 2 is 2.44 bits per heavy atom. The van der Waals surface area contributed by atoms with Gasteiger partial charge in [0.2, 0.25) is 11.7 Å². The molecule has 0 aliphatic rings. The number of thiophene rings is 1. The quantitative estimate of drug-likeness (QED) is 0.867. The summed E-state index contributed by atoms with van der Waals surface area (Å²) < 4.78 is 5.23. The highest BCUT2D eigenvalue weighted by atomic mass is 32.1. The minimum absolute atomic E-state index is 0.400.